The van der Waals surface area contributed by atoms with Crippen molar-refractivity contribution in [1.29, 1.82) is 0 Å². The van der Waals surface area contributed by atoms with Crippen LogP contribution in [0.5, 0.6) is 0 Å². The number of para-hydroxylation sites is 1. The van der Waals surface area contributed by atoms with Crippen molar-refractivity contribution in [3.63, 3.8) is 0 Å². The van der Waals surface area contributed by atoms with Crippen molar-refractivity contribution in [1.82, 2.24) is 14.8 Å². The van der Waals surface area contributed by atoms with Crippen LogP contribution >= 0.6 is 0 Å². The molecular weight excluding hydrogens is 362 g/mol. The second kappa shape index (κ2) is 8.52. The molecular formula is C24H27N3O2. The van der Waals surface area contributed by atoms with Gasteiger partial charge in [-0.3, -0.25) is 9.59 Å². The first kappa shape index (κ1) is 19.2. The molecule has 0 saturated heterocycles. The Kier molecular flexibility index (Phi) is 5.65. The van der Waals surface area contributed by atoms with Crippen LogP contribution in [0.1, 0.15) is 30.0 Å². The minimum Gasteiger partial charge on any atom is -0.361 e. The molecule has 0 radical (unpaired) electrons. The van der Waals surface area contributed by atoms with Crippen LogP contribution in [0.3, 0.4) is 0 Å². The molecule has 1 aliphatic rings. The van der Waals surface area contributed by atoms with Crippen LogP contribution in [-0.2, 0) is 29.0 Å². The molecule has 1 N–H and O–H groups in total. The second-order valence-corrected chi connectivity index (χ2v) is 7.70. The van der Waals surface area contributed by atoms with Gasteiger partial charge in [-0.15, -0.1) is 0 Å². The fraction of sp³-hybridized carbons (Fsp3) is 0.333. The highest BCUT2D eigenvalue weighted by molar-refractivity contribution is 5.83. The van der Waals surface area contributed by atoms with Gasteiger partial charge in [0.15, 0.2) is 0 Å². The van der Waals surface area contributed by atoms with Gasteiger partial charge in [-0.2, -0.15) is 0 Å². The summed E-state index contributed by atoms with van der Waals surface area (Å²) < 4.78 is 0. The predicted molar refractivity (Wildman–Crippen MR) is 114 cm³/mol. The third kappa shape index (κ3) is 4.34. The van der Waals surface area contributed by atoms with Gasteiger partial charge in [-0.1, -0.05) is 42.5 Å². The third-order valence-electron chi connectivity index (χ3n) is 5.85. The van der Waals surface area contributed by atoms with E-state index in [2.05, 4.69) is 35.3 Å². The molecule has 1 aromatic heterocycles. The first-order valence-electron chi connectivity index (χ1n) is 10.3. The first-order chi connectivity index (χ1) is 14.1. The zero-order chi connectivity index (χ0) is 20.2. The molecule has 29 heavy (non-hydrogen) atoms. The summed E-state index contributed by atoms with van der Waals surface area (Å²) in [6, 6.07) is 16.5. The average molecular weight is 389 g/mol. The number of aromatic amines is 1. The van der Waals surface area contributed by atoms with Crippen molar-refractivity contribution in [2.45, 2.75) is 32.7 Å². The minimum atomic E-state index is 0.0154. The maximum absolute atomic E-state index is 12.7. The lowest BCUT2D eigenvalue weighted by atomic mass is 10.00. The molecule has 0 fully saturated rings. The predicted octanol–water partition coefficient (Wildman–Crippen LogP) is 3.53. The maximum atomic E-state index is 12.7. The SMILES string of the molecule is CC(=O)N(CCC(=O)N1CCc2ccccc2C1)CCc1c[nH]c2ccccc12. The lowest BCUT2D eigenvalue weighted by molar-refractivity contribution is -0.134. The van der Waals surface area contributed by atoms with Crippen molar-refractivity contribution < 1.29 is 9.59 Å². The Balaban J connectivity index is 1.33. The van der Waals surface area contributed by atoms with Gasteiger partial charge in [-0.05, 0) is 35.6 Å². The number of carbonyl (C=O) groups is 2. The summed E-state index contributed by atoms with van der Waals surface area (Å²) in [5.74, 6) is 0.138. The number of hydrogen-bond donors (Lipinski definition) is 1. The van der Waals surface area contributed by atoms with Gasteiger partial charge >= 0.3 is 0 Å². The van der Waals surface area contributed by atoms with Gasteiger partial charge < -0.3 is 14.8 Å². The van der Waals surface area contributed by atoms with E-state index < -0.39 is 0 Å². The van der Waals surface area contributed by atoms with E-state index in [1.54, 1.807) is 11.8 Å². The molecule has 5 heteroatoms. The molecule has 2 amide bonds. The number of aromatic nitrogens is 1. The minimum absolute atomic E-state index is 0.0154. The third-order valence-corrected chi connectivity index (χ3v) is 5.85. The summed E-state index contributed by atoms with van der Waals surface area (Å²) in [6.45, 7) is 4.09. The van der Waals surface area contributed by atoms with E-state index in [0.717, 1.165) is 24.9 Å². The van der Waals surface area contributed by atoms with Gasteiger partial charge in [0, 0.05) is 56.6 Å². The van der Waals surface area contributed by atoms with E-state index in [1.807, 2.05) is 29.3 Å². The molecule has 0 bridgehead atoms. The smallest absolute Gasteiger partial charge is 0.224 e. The first-order valence-corrected chi connectivity index (χ1v) is 10.3. The molecule has 1 aliphatic heterocycles. The number of nitrogens with one attached hydrogen (secondary N) is 1. The highest BCUT2D eigenvalue weighted by Gasteiger charge is 2.21. The summed E-state index contributed by atoms with van der Waals surface area (Å²) in [6.07, 6.45) is 4.06. The van der Waals surface area contributed by atoms with Crippen LogP contribution in [0.2, 0.25) is 0 Å². The van der Waals surface area contributed by atoms with Crippen LogP contribution in [0, 0.1) is 0 Å². The van der Waals surface area contributed by atoms with Crippen LogP contribution in [0.4, 0.5) is 0 Å². The van der Waals surface area contributed by atoms with E-state index in [9.17, 15) is 9.59 Å². The summed E-state index contributed by atoms with van der Waals surface area (Å²) >= 11 is 0. The number of H-pyrrole nitrogens is 1. The average Bonchev–Trinajstić information content (AvgIpc) is 3.16. The molecule has 0 spiro atoms. The van der Waals surface area contributed by atoms with E-state index in [-0.39, 0.29) is 11.8 Å². The number of carbonyl (C=O) groups excluding carboxylic acids is 2. The Morgan fingerprint density at radius 2 is 1.79 bits per heavy atom. The number of rotatable bonds is 6. The zero-order valence-corrected chi connectivity index (χ0v) is 16.9. The number of nitrogens with zero attached hydrogens (tertiary/aromatic N) is 2. The number of amides is 2. The van der Waals surface area contributed by atoms with Gasteiger partial charge in [-0.25, -0.2) is 0 Å². The Labute approximate surface area is 171 Å². The molecule has 4 rings (SSSR count). The molecule has 0 unspecified atom stereocenters. The lowest BCUT2D eigenvalue weighted by Crippen LogP contribution is -2.39. The normalized spacial score (nSPS) is 13.3. The Morgan fingerprint density at radius 1 is 1.03 bits per heavy atom. The van der Waals surface area contributed by atoms with Gasteiger partial charge in [0.2, 0.25) is 11.8 Å². The van der Waals surface area contributed by atoms with E-state index in [0.29, 0.717) is 26.1 Å². The van der Waals surface area contributed by atoms with Gasteiger partial charge in [0.05, 0.1) is 0 Å². The Hall–Kier alpha value is -3.08. The van der Waals surface area contributed by atoms with Crippen molar-refractivity contribution >= 4 is 22.7 Å². The van der Waals surface area contributed by atoms with Crippen molar-refractivity contribution in [3.05, 3.63) is 71.4 Å². The largest absolute Gasteiger partial charge is 0.361 e. The van der Waals surface area contributed by atoms with E-state index >= 15 is 0 Å². The Bertz CT molecular complexity index is 1020. The van der Waals surface area contributed by atoms with Gasteiger partial charge in [0.1, 0.15) is 0 Å². The monoisotopic (exact) mass is 389 g/mol. The lowest BCUT2D eigenvalue weighted by Gasteiger charge is -2.30. The molecule has 3 aromatic rings. The zero-order valence-electron chi connectivity index (χ0n) is 16.9. The summed E-state index contributed by atoms with van der Waals surface area (Å²) in [4.78, 5) is 31.8. The number of fused-ring (bicyclic) bond motifs is 2. The summed E-state index contributed by atoms with van der Waals surface area (Å²) in [7, 11) is 0. The maximum Gasteiger partial charge on any atom is 0.224 e. The quantitative estimate of drug-likeness (QED) is 0.701. The number of benzene rings is 2. The fourth-order valence-corrected chi connectivity index (χ4v) is 4.12. The molecule has 0 saturated carbocycles. The standard InChI is InChI=1S/C24H27N3O2/c1-18(28)26(13-11-20-16-25-23-9-5-4-8-22(20)23)15-12-24(29)27-14-10-19-6-2-3-7-21(19)17-27/h2-9,16,25H,10-15,17H2,1H3. The van der Waals surface area contributed by atoms with Crippen LogP contribution in [-0.4, -0.2) is 46.2 Å². The topological polar surface area (TPSA) is 56.4 Å². The second-order valence-electron chi connectivity index (χ2n) is 7.70. The molecule has 2 aromatic carbocycles. The van der Waals surface area contributed by atoms with Gasteiger partial charge in [0.25, 0.3) is 0 Å². The molecule has 150 valence electrons. The van der Waals surface area contributed by atoms with Crippen LogP contribution in [0.15, 0.2) is 54.7 Å². The van der Waals surface area contributed by atoms with Crippen molar-refractivity contribution in [2.75, 3.05) is 19.6 Å². The number of hydrogen-bond acceptors (Lipinski definition) is 2. The van der Waals surface area contributed by atoms with Crippen LogP contribution in [0.25, 0.3) is 10.9 Å². The summed E-state index contributed by atoms with van der Waals surface area (Å²) in [5.41, 5.74) is 4.87. The highest BCUT2D eigenvalue weighted by atomic mass is 16.2. The molecule has 5 nitrogen and oxygen atoms in total. The molecule has 0 atom stereocenters. The molecule has 2 heterocycles. The fourth-order valence-electron chi connectivity index (χ4n) is 4.12. The van der Waals surface area contributed by atoms with E-state index in [4.69, 9.17) is 0 Å². The van der Waals surface area contributed by atoms with Crippen LogP contribution < -0.4 is 0 Å². The van der Waals surface area contributed by atoms with Crippen molar-refractivity contribution in [3.8, 4) is 0 Å². The summed E-state index contributed by atoms with van der Waals surface area (Å²) in [5, 5.41) is 1.19. The van der Waals surface area contributed by atoms with Crippen molar-refractivity contribution in [2.24, 2.45) is 0 Å². The Morgan fingerprint density at radius 3 is 2.62 bits per heavy atom. The highest BCUT2D eigenvalue weighted by Crippen LogP contribution is 2.20. The molecule has 0 aliphatic carbocycles. The van der Waals surface area contributed by atoms with E-state index in [1.165, 1.54) is 22.1 Å².